The molecule has 1 unspecified atom stereocenters. The molecule has 0 bridgehead atoms. The molecule has 0 amide bonds. The van der Waals surface area contributed by atoms with Gasteiger partial charge in [0, 0.05) is 11.5 Å². The van der Waals surface area contributed by atoms with Gasteiger partial charge in [0.25, 0.3) is 0 Å². The van der Waals surface area contributed by atoms with Crippen LogP contribution in [0.15, 0.2) is 24.3 Å². The smallest absolute Gasteiger partial charge is 0.306 e. The van der Waals surface area contributed by atoms with Crippen LogP contribution in [-0.2, 0) is 9.53 Å². The van der Waals surface area contributed by atoms with E-state index in [1.807, 2.05) is 38.1 Å². The molecule has 0 spiro atoms. The Bertz CT molecular complexity index is 387. The molecule has 3 nitrogen and oxygen atoms in total. The summed E-state index contributed by atoms with van der Waals surface area (Å²) in [5, 5.41) is 0. The van der Waals surface area contributed by atoms with Crippen LogP contribution in [0.5, 0.6) is 5.75 Å². The third kappa shape index (κ3) is 2.03. The zero-order valence-electron chi connectivity index (χ0n) is 9.60. The first kappa shape index (κ1) is 11.0. The fourth-order valence-electron chi connectivity index (χ4n) is 2.10. The normalized spacial score (nSPS) is 22.4. The molecule has 86 valence electrons. The Morgan fingerprint density at radius 1 is 1.44 bits per heavy atom. The molecule has 3 heteroatoms. The van der Waals surface area contributed by atoms with Gasteiger partial charge in [0.15, 0.2) is 0 Å². The van der Waals surface area contributed by atoms with Crippen LogP contribution in [0.25, 0.3) is 0 Å². The first-order valence-corrected chi connectivity index (χ1v) is 5.63. The SMILES string of the molecule is CCOC(=O)C[C@@H]1c2ccccc2OC1C. The summed E-state index contributed by atoms with van der Waals surface area (Å²) in [6.45, 7) is 4.24. The zero-order chi connectivity index (χ0) is 11.5. The molecule has 1 aliphatic rings. The second-order valence-corrected chi connectivity index (χ2v) is 3.98. The summed E-state index contributed by atoms with van der Waals surface area (Å²) < 4.78 is 10.7. The number of hydrogen-bond acceptors (Lipinski definition) is 3. The van der Waals surface area contributed by atoms with E-state index in [4.69, 9.17) is 9.47 Å². The van der Waals surface area contributed by atoms with Crippen molar-refractivity contribution < 1.29 is 14.3 Å². The lowest BCUT2D eigenvalue weighted by atomic mass is 9.93. The van der Waals surface area contributed by atoms with Crippen molar-refractivity contribution in [2.24, 2.45) is 0 Å². The molecular formula is C13H16O3. The van der Waals surface area contributed by atoms with E-state index in [1.165, 1.54) is 0 Å². The van der Waals surface area contributed by atoms with Crippen molar-refractivity contribution in [1.29, 1.82) is 0 Å². The van der Waals surface area contributed by atoms with Crippen molar-refractivity contribution in [1.82, 2.24) is 0 Å². The van der Waals surface area contributed by atoms with E-state index < -0.39 is 0 Å². The van der Waals surface area contributed by atoms with Crippen LogP contribution in [0.3, 0.4) is 0 Å². The monoisotopic (exact) mass is 220 g/mol. The summed E-state index contributed by atoms with van der Waals surface area (Å²) in [5.74, 6) is 0.860. The quantitative estimate of drug-likeness (QED) is 0.734. The van der Waals surface area contributed by atoms with Gasteiger partial charge >= 0.3 is 5.97 Å². The van der Waals surface area contributed by atoms with E-state index in [2.05, 4.69) is 0 Å². The van der Waals surface area contributed by atoms with Gasteiger partial charge in [-0.05, 0) is 19.9 Å². The Labute approximate surface area is 95.4 Å². The molecule has 1 aromatic rings. The van der Waals surface area contributed by atoms with Gasteiger partial charge in [0.2, 0.25) is 0 Å². The number of carbonyl (C=O) groups is 1. The van der Waals surface area contributed by atoms with Crippen molar-refractivity contribution >= 4 is 5.97 Å². The third-order valence-electron chi connectivity index (χ3n) is 2.89. The summed E-state index contributed by atoms with van der Waals surface area (Å²) in [6.07, 6.45) is 0.438. The molecule has 2 atom stereocenters. The standard InChI is InChI=1S/C13H16O3/c1-3-15-13(14)8-11-9(2)16-12-7-5-4-6-10(11)12/h4-7,9,11H,3,8H2,1-2H3/t9?,11-/m0/s1. The summed E-state index contributed by atoms with van der Waals surface area (Å²) in [5.41, 5.74) is 1.11. The maximum atomic E-state index is 11.5. The molecule has 16 heavy (non-hydrogen) atoms. The van der Waals surface area contributed by atoms with Gasteiger partial charge in [-0.1, -0.05) is 18.2 Å². The van der Waals surface area contributed by atoms with Crippen LogP contribution in [0.2, 0.25) is 0 Å². The van der Waals surface area contributed by atoms with Crippen molar-refractivity contribution in [2.75, 3.05) is 6.61 Å². The largest absolute Gasteiger partial charge is 0.490 e. The summed E-state index contributed by atoms with van der Waals surface area (Å²) >= 11 is 0. The average molecular weight is 220 g/mol. The van der Waals surface area contributed by atoms with Crippen LogP contribution in [0.1, 0.15) is 31.7 Å². The van der Waals surface area contributed by atoms with Gasteiger partial charge in [-0.25, -0.2) is 0 Å². The lowest BCUT2D eigenvalue weighted by Gasteiger charge is -2.13. The number of benzene rings is 1. The summed E-state index contributed by atoms with van der Waals surface area (Å²) in [4.78, 5) is 11.5. The topological polar surface area (TPSA) is 35.5 Å². The van der Waals surface area contributed by atoms with Gasteiger partial charge < -0.3 is 9.47 Å². The highest BCUT2D eigenvalue weighted by atomic mass is 16.5. The minimum Gasteiger partial charge on any atom is -0.490 e. The molecule has 0 aliphatic carbocycles. The van der Waals surface area contributed by atoms with Crippen molar-refractivity contribution in [3.05, 3.63) is 29.8 Å². The van der Waals surface area contributed by atoms with Crippen LogP contribution in [0.4, 0.5) is 0 Å². The lowest BCUT2D eigenvalue weighted by Crippen LogP contribution is -2.18. The van der Waals surface area contributed by atoms with Gasteiger partial charge in [-0.3, -0.25) is 4.79 Å². The first-order valence-electron chi connectivity index (χ1n) is 5.63. The molecule has 0 N–H and O–H groups in total. The van der Waals surface area contributed by atoms with Crippen molar-refractivity contribution in [3.63, 3.8) is 0 Å². The number of fused-ring (bicyclic) bond motifs is 1. The Morgan fingerprint density at radius 3 is 2.94 bits per heavy atom. The molecule has 0 fully saturated rings. The Kier molecular flexibility index (Phi) is 3.13. The van der Waals surface area contributed by atoms with Gasteiger partial charge in [0.05, 0.1) is 13.0 Å². The lowest BCUT2D eigenvalue weighted by molar-refractivity contribution is -0.143. The minimum atomic E-state index is -0.153. The number of rotatable bonds is 3. The molecule has 1 aromatic carbocycles. The van der Waals surface area contributed by atoms with E-state index in [9.17, 15) is 4.79 Å². The second-order valence-electron chi connectivity index (χ2n) is 3.98. The van der Waals surface area contributed by atoms with E-state index in [0.29, 0.717) is 13.0 Å². The minimum absolute atomic E-state index is 0.0433. The fraction of sp³-hybridized carbons (Fsp3) is 0.462. The molecule has 2 rings (SSSR count). The number of ether oxygens (including phenoxy) is 2. The number of para-hydroxylation sites is 1. The fourth-order valence-corrected chi connectivity index (χ4v) is 2.10. The predicted molar refractivity (Wildman–Crippen MR) is 60.5 cm³/mol. The molecular weight excluding hydrogens is 204 g/mol. The van der Waals surface area contributed by atoms with Crippen LogP contribution in [-0.4, -0.2) is 18.7 Å². The Hall–Kier alpha value is -1.51. The van der Waals surface area contributed by atoms with E-state index in [-0.39, 0.29) is 18.0 Å². The maximum absolute atomic E-state index is 11.5. The van der Waals surface area contributed by atoms with Crippen LogP contribution in [0, 0.1) is 0 Å². The van der Waals surface area contributed by atoms with E-state index >= 15 is 0 Å². The summed E-state index contributed by atoms with van der Waals surface area (Å²) in [6, 6.07) is 7.87. The van der Waals surface area contributed by atoms with Gasteiger partial charge in [-0.15, -0.1) is 0 Å². The molecule has 1 heterocycles. The average Bonchev–Trinajstić information content (AvgIpc) is 2.56. The Morgan fingerprint density at radius 2 is 2.19 bits per heavy atom. The number of carbonyl (C=O) groups excluding carboxylic acids is 1. The maximum Gasteiger partial charge on any atom is 0.306 e. The molecule has 0 saturated carbocycles. The second kappa shape index (κ2) is 4.56. The van der Waals surface area contributed by atoms with Gasteiger partial charge in [0.1, 0.15) is 11.9 Å². The van der Waals surface area contributed by atoms with Crippen molar-refractivity contribution in [2.45, 2.75) is 32.3 Å². The first-order chi connectivity index (χ1) is 7.72. The Balaban J connectivity index is 2.13. The van der Waals surface area contributed by atoms with Crippen LogP contribution < -0.4 is 4.74 Å². The molecule has 1 aliphatic heterocycles. The highest BCUT2D eigenvalue weighted by Gasteiger charge is 2.32. The summed E-state index contributed by atoms with van der Waals surface area (Å²) in [7, 11) is 0. The third-order valence-corrected chi connectivity index (χ3v) is 2.89. The molecule has 0 radical (unpaired) electrons. The predicted octanol–water partition coefficient (Wildman–Crippen LogP) is 2.50. The zero-order valence-corrected chi connectivity index (χ0v) is 9.60. The highest BCUT2D eigenvalue weighted by molar-refractivity contribution is 5.71. The van der Waals surface area contributed by atoms with Gasteiger partial charge in [-0.2, -0.15) is 0 Å². The molecule has 0 aromatic heterocycles. The highest BCUT2D eigenvalue weighted by Crippen LogP contribution is 2.39. The number of hydrogen-bond donors (Lipinski definition) is 0. The van der Waals surface area contributed by atoms with Crippen LogP contribution >= 0.6 is 0 Å². The molecule has 0 saturated heterocycles. The van der Waals surface area contributed by atoms with E-state index in [1.54, 1.807) is 0 Å². The number of esters is 1. The van der Waals surface area contributed by atoms with Crippen molar-refractivity contribution in [3.8, 4) is 5.75 Å². The van der Waals surface area contributed by atoms with E-state index in [0.717, 1.165) is 11.3 Å².